The monoisotopic (exact) mass is 218 g/mol. The molecule has 0 aliphatic rings. The average Bonchev–Trinajstić information content (AvgIpc) is 2.88. The average molecular weight is 218 g/mol. The maximum atomic E-state index is 4.13. The second-order valence-corrected chi connectivity index (χ2v) is 4.07. The predicted molar refractivity (Wildman–Crippen MR) is 64.2 cm³/mol. The molecule has 0 aliphatic heterocycles. The highest BCUT2D eigenvalue weighted by atomic mass is 15.1. The molecule has 16 heavy (non-hydrogen) atoms. The lowest BCUT2D eigenvalue weighted by atomic mass is 10.2. The Kier molecular flexibility index (Phi) is 3.10. The summed E-state index contributed by atoms with van der Waals surface area (Å²) < 4.78 is 4.30. The first kappa shape index (κ1) is 11.0. The Morgan fingerprint density at radius 2 is 2.31 bits per heavy atom. The largest absolute Gasteiger partial charge is 0.344 e. The number of imidazole rings is 1. The lowest BCUT2D eigenvalue weighted by Crippen LogP contribution is -2.17. The van der Waals surface area contributed by atoms with E-state index in [0.717, 1.165) is 6.54 Å². The molecule has 4 nitrogen and oxygen atoms in total. The predicted octanol–water partition coefficient (Wildman–Crippen LogP) is 1.55. The molecule has 0 radical (unpaired) electrons. The van der Waals surface area contributed by atoms with Crippen LogP contribution in [0.25, 0.3) is 0 Å². The van der Waals surface area contributed by atoms with Gasteiger partial charge in [-0.3, -0.25) is 0 Å². The molecule has 0 bridgehead atoms. The number of hydrogen-bond donors (Lipinski definition) is 1. The molecular weight excluding hydrogens is 200 g/mol. The summed E-state index contributed by atoms with van der Waals surface area (Å²) in [7, 11) is 4.00. The molecule has 2 aromatic heterocycles. The van der Waals surface area contributed by atoms with Crippen molar-refractivity contribution in [3.8, 4) is 0 Å². The van der Waals surface area contributed by atoms with Crippen molar-refractivity contribution in [3.63, 3.8) is 0 Å². The quantitative estimate of drug-likeness (QED) is 0.845. The third kappa shape index (κ3) is 2.02. The smallest absolute Gasteiger partial charge is 0.0946 e. The summed E-state index contributed by atoms with van der Waals surface area (Å²) in [5.74, 6) is 0. The molecule has 0 spiro atoms. The zero-order valence-corrected chi connectivity index (χ0v) is 10.0. The fourth-order valence-corrected chi connectivity index (χ4v) is 1.82. The van der Waals surface area contributed by atoms with E-state index in [0.29, 0.717) is 6.04 Å². The molecular formula is C12H18N4. The number of aryl methyl sites for hydroxylation is 1. The molecule has 1 unspecified atom stereocenters. The minimum absolute atomic E-state index is 0.364. The molecule has 4 heteroatoms. The van der Waals surface area contributed by atoms with E-state index in [-0.39, 0.29) is 0 Å². The summed E-state index contributed by atoms with van der Waals surface area (Å²) >= 11 is 0. The second-order valence-electron chi connectivity index (χ2n) is 4.07. The Balaban J connectivity index is 2.22. The number of nitrogens with zero attached hydrogens (tertiary/aromatic N) is 3. The number of rotatable bonds is 4. The topological polar surface area (TPSA) is 34.8 Å². The molecule has 2 rings (SSSR count). The molecule has 2 aromatic rings. The fraction of sp³-hybridized carbons (Fsp3) is 0.417. The van der Waals surface area contributed by atoms with Gasteiger partial charge in [0.15, 0.2) is 0 Å². The van der Waals surface area contributed by atoms with Gasteiger partial charge in [-0.15, -0.1) is 0 Å². The molecule has 0 aromatic carbocycles. The van der Waals surface area contributed by atoms with Crippen LogP contribution in [0.5, 0.6) is 0 Å². The highest BCUT2D eigenvalue weighted by Crippen LogP contribution is 2.14. The minimum Gasteiger partial charge on any atom is -0.344 e. The van der Waals surface area contributed by atoms with Crippen LogP contribution in [0.1, 0.15) is 24.4 Å². The van der Waals surface area contributed by atoms with Crippen LogP contribution in [0.2, 0.25) is 0 Å². The van der Waals surface area contributed by atoms with E-state index in [9.17, 15) is 0 Å². The zero-order valence-electron chi connectivity index (χ0n) is 10.0. The zero-order chi connectivity index (χ0) is 11.5. The first-order valence-electron chi connectivity index (χ1n) is 5.50. The van der Waals surface area contributed by atoms with Gasteiger partial charge in [0, 0.05) is 31.2 Å². The molecule has 0 amide bonds. The fourth-order valence-electron chi connectivity index (χ4n) is 1.82. The lowest BCUT2D eigenvalue weighted by molar-refractivity contribution is 0.581. The summed E-state index contributed by atoms with van der Waals surface area (Å²) in [5, 5.41) is 3.26. The second kappa shape index (κ2) is 4.53. The Hall–Kier alpha value is -1.55. The SMILES string of the molecule is CNC(C)c1cccn1Cc1cncn1C. The number of hydrogen-bond acceptors (Lipinski definition) is 2. The lowest BCUT2D eigenvalue weighted by Gasteiger charge is -2.15. The van der Waals surface area contributed by atoms with Crippen LogP contribution in [-0.2, 0) is 13.6 Å². The molecule has 0 aliphatic carbocycles. The van der Waals surface area contributed by atoms with Gasteiger partial charge in [0.1, 0.15) is 0 Å². The summed E-state index contributed by atoms with van der Waals surface area (Å²) in [6.45, 7) is 3.03. The first-order valence-corrected chi connectivity index (χ1v) is 5.50. The van der Waals surface area contributed by atoms with E-state index in [4.69, 9.17) is 0 Å². The molecule has 0 fully saturated rings. The van der Waals surface area contributed by atoms with Crippen LogP contribution in [0.4, 0.5) is 0 Å². The van der Waals surface area contributed by atoms with Crippen molar-refractivity contribution in [2.24, 2.45) is 7.05 Å². The van der Waals surface area contributed by atoms with Gasteiger partial charge in [-0.1, -0.05) is 0 Å². The maximum Gasteiger partial charge on any atom is 0.0946 e. The van der Waals surface area contributed by atoms with Crippen LogP contribution in [0.15, 0.2) is 30.9 Å². The van der Waals surface area contributed by atoms with E-state index in [1.54, 1.807) is 0 Å². The van der Waals surface area contributed by atoms with Crippen LogP contribution in [0.3, 0.4) is 0 Å². The van der Waals surface area contributed by atoms with Gasteiger partial charge in [-0.05, 0) is 26.1 Å². The molecule has 0 saturated heterocycles. The number of aromatic nitrogens is 3. The van der Waals surface area contributed by atoms with Gasteiger partial charge < -0.3 is 14.5 Å². The van der Waals surface area contributed by atoms with Gasteiger partial charge in [0.2, 0.25) is 0 Å². The van der Waals surface area contributed by atoms with Crippen molar-refractivity contribution in [1.82, 2.24) is 19.4 Å². The normalized spacial score (nSPS) is 12.9. The summed E-state index contributed by atoms with van der Waals surface area (Å²) in [4.78, 5) is 4.13. The van der Waals surface area contributed by atoms with Crippen LogP contribution < -0.4 is 5.32 Å². The maximum absolute atomic E-state index is 4.13. The molecule has 0 saturated carbocycles. The number of nitrogens with one attached hydrogen (secondary N) is 1. The highest BCUT2D eigenvalue weighted by molar-refractivity contribution is 5.13. The van der Waals surface area contributed by atoms with Gasteiger partial charge in [0.25, 0.3) is 0 Å². The van der Waals surface area contributed by atoms with Crippen LogP contribution in [0, 0.1) is 0 Å². The molecule has 1 atom stereocenters. The third-order valence-corrected chi connectivity index (χ3v) is 2.99. The van der Waals surface area contributed by atoms with Gasteiger partial charge in [-0.25, -0.2) is 4.98 Å². The van der Waals surface area contributed by atoms with Gasteiger partial charge in [0.05, 0.1) is 18.6 Å². The van der Waals surface area contributed by atoms with Crippen molar-refractivity contribution in [2.75, 3.05) is 7.05 Å². The van der Waals surface area contributed by atoms with E-state index in [2.05, 4.69) is 40.1 Å². The highest BCUT2D eigenvalue weighted by Gasteiger charge is 2.09. The Morgan fingerprint density at radius 3 is 2.94 bits per heavy atom. The van der Waals surface area contributed by atoms with Gasteiger partial charge >= 0.3 is 0 Å². The van der Waals surface area contributed by atoms with Crippen molar-refractivity contribution >= 4 is 0 Å². The Bertz CT molecular complexity index is 455. The third-order valence-electron chi connectivity index (χ3n) is 2.99. The van der Waals surface area contributed by atoms with Crippen LogP contribution in [-0.4, -0.2) is 21.2 Å². The van der Waals surface area contributed by atoms with E-state index in [1.807, 2.05) is 31.2 Å². The summed E-state index contributed by atoms with van der Waals surface area (Å²) in [5.41, 5.74) is 2.50. The van der Waals surface area contributed by atoms with Crippen molar-refractivity contribution in [1.29, 1.82) is 0 Å². The van der Waals surface area contributed by atoms with Gasteiger partial charge in [-0.2, -0.15) is 0 Å². The van der Waals surface area contributed by atoms with Crippen molar-refractivity contribution in [3.05, 3.63) is 42.2 Å². The first-order chi connectivity index (χ1) is 7.72. The minimum atomic E-state index is 0.364. The Morgan fingerprint density at radius 1 is 1.50 bits per heavy atom. The van der Waals surface area contributed by atoms with E-state index < -0.39 is 0 Å². The van der Waals surface area contributed by atoms with Crippen LogP contribution >= 0.6 is 0 Å². The van der Waals surface area contributed by atoms with Crippen molar-refractivity contribution < 1.29 is 0 Å². The standard InChI is InChI=1S/C12H18N4/c1-10(13-2)12-5-4-6-16(12)8-11-7-14-9-15(11)3/h4-7,9-10,13H,8H2,1-3H3. The van der Waals surface area contributed by atoms with Crippen molar-refractivity contribution in [2.45, 2.75) is 19.5 Å². The van der Waals surface area contributed by atoms with E-state index >= 15 is 0 Å². The van der Waals surface area contributed by atoms with E-state index in [1.165, 1.54) is 11.4 Å². The molecule has 2 heterocycles. The summed E-state index contributed by atoms with van der Waals surface area (Å²) in [6.07, 6.45) is 5.85. The molecule has 1 N–H and O–H groups in total. The molecule has 86 valence electrons. The summed E-state index contributed by atoms with van der Waals surface area (Å²) in [6, 6.07) is 4.60. The Labute approximate surface area is 95.9 Å².